The fourth-order valence-corrected chi connectivity index (χ4v) is 2.71. The summed E-state index contributed by atoms with van der Waals surface area (Å²) in [5.74, 6) is 0.390. The first-order valence-corrected chi connectivity index (χ1v) is 5.91. The van der Waals surface area contributed by atoms with Crippen molar-refractivity contribution in [1.82, 2.24) is 0 Å². The highest BCUT2D eigenvalue weighted by molar-refractivity contribution is 4.89. The van der Waals surface area contributed by atoms with Crippen molar-refractivity contribution in [2.75, 3.05) is 20.3 Å². The van der Waals surface area contributed by atoms with E-state index >= 15 is 0 Å². The highest BCUT2D eigenvalue weighted by Gasteiger charge is 2.43. The van der Waals surface area contributed by atoms with E-state index in [1.807, 2.05) is 0 Å². The van der Waals surface area contributed by atoms with Gasteiger partial charge in [-0.1, -0.05) is 0 Å². The molecule has 15 heavy (non-hydrogen) atoms. The van der Waals surface area contributed by atoms with E-state index in [1.54, 1.807) is 7.11 Å². The van der Waals surface area contributed by atoms with Gasteiger partial charge in [-0.25, -0.2) is 0 Å². The minimum absolute atomic E-state index is 0.0137. The molecule has 1 spiro atoms. The van der Waals surface area contributed by atoms with Crippen molar-refractivity contribution in [1.29, 1.82) is 0 Å². The van der Waals surface area contributed by atoms with E-state index in [9.17, 15) is 0 Å². The van der Waals surface area contributed by atoms with Crippen LogP contribution < -0.4 is 0 Å². The van der Waals surface area contributed by atoms with Crippen LogP contribution in [0.2, 0.25) is 0 Å². The molecule has 3 nitrogen and oxygen atoms in total. The second-order valence-corrected chi connectivity index (χ2v) is 5.19. The predicted octanol–water partition coefficient (Wildman–Crippen LogP) is 2.34. The summed E-state index contributed by atoms with van der Waals surface area (Å²) in [7, 11) is 1.80. The summed E-state index contributed by atoms with van der Waals surface area (Å²) in [5, 5.41) is 0. The molecule has 0 unspecified atom stereocenters. The number of ether oxygens (including phenoxy) is 3. The Kier molecular flexibility index (Phi) is 3.06. The normalized spacial score (nSPS) is 27.4. The Balaban J connectivity index is 1.91. The van der Waals surface area contributed by atoms with Crippen LogP contribution in [0.1, 0.15) is 39.5 Å². The Bertz CT molecular complexity index is 209. The van der Waals surface area contributed by atoms with E-state index in [4.69, 9.17) is 14.2 Å². The third-order valence-electron chi connectivity index (χ3n) is 4.07. The highest BCUT2D eigenvalue weighted by Crippen LogP contribution is 2.42. The highest BCUT2D eigenvalue weighted by atomic mass is 16.7. The molecule has 0 amide bonds. The average Bonchev–Trinajstić information content (AvgIpc) is 2.67. The quantitative estimate of drug-likeness (QED) is 0.706. The zero-order valence-electron chi connectivity index (χ0n) is 10.0. The SMILES string of the molecule is COC(C)(C)C1CCC2(CC1)OCCO2. The molecule has 88 valence electrons. The zero-order valence-corrected chi connectivity index (χ0v) is 10.0. The van der Waals surface area contributed by atoms with Gasteiger partial charge in [0.25, 0.3) is 0 Å². The minimum atomic E-state index is -0.236. The monoisotopic (exact) mass is 214 g/mol. The zero-order chi connectivity index (χ0) is 10.9. The van der Waals surface area contributed by atoms with Crippen molar-refractivity contribution in [2.24, 2.45) is 5.92 Å². The molecular weight excluding hydrogens is 192 g/mol. The molecule has 1 aliphatic heterocycles. The molecule has 1 saturated carbocycles. The molecule has 1 aliphatic carbocycles. The third kappa shape index (κ3) is 2.19. The van der Waals surface area contributed by atoms with Crippen LogP contribution in [0, 0.1) is 5.92 Å². The van der Waals surface area contributed by atoms with E-state index < -0.39 is 0 Å². The lowest BCUT2D eigenvalue weighted by atomic mass is 9.76. The number of hydrogen-bond donors (Lipinski definition) is 0. The van der Waals surface area contributed by atoms with Crippen LogP contribution in [0.25, 0.3) is 0 Å². The van der Waals surface area contributed by atoms with Gasteiger partial charge < -0.3 is 14.2 Å². The Hall–Kier alpha value is -0.120. The lowest BCUT2D eigenvalue weighted by Gasteiger charge is -2.41. The molecule has 0 aromatic heterocycles. The van der Waals surface area contributed by atoms with Crippen LogP contribution in [-0.2, 0) is 14.2 Å². The Morgan fingerprint density at radius 2 is 1.67 bits per heavy atom. The van der Waals surface area contributed by atoms with Crippen LogP contribution in [0.5, 0.6) is 0 Å². The van der Waals surface area contributed by atoms with E-state index in [-0.39, 0.29) is 11.4 Å². The van der Waals surface area contributed by atoms with E-state index in [0.717, 1.165) is 38.9 Å². The Morgan fingerprint density at radius 3 is 2.13 bits per heavy atom. The number of rotatable bonds is 2. The topological polar surface area (TPSA) is 27.7 Å². The molecule has 2 aliphatic rings. The lowest BCUT2D eigenvalue weighted by Crippen LogP contribution is -2.42. The molecule has 1 heterocycles. The van der Waals surface area contributed by atoms with Gasteiger partial charge in [0.1, 0.15) is 0 Å². The van der Waals surface area contributed by atoms with Crippen molar-refractivity contribution in [2.45, 2.75) is 50.9 Å². The molecule has 1 saturated heterocycles. The van der Waals surface area contributed by atoms with Crippen molar-refractivity contribution < 1.29 is 14.2 Å². The summed E-state index contributed by atoms with van der Waals surface area (Å²) in [6.07, 6.45) is 4.32. The van der Waals surface area contributed by atoms with Crippen LogP contribution in [0.4, 0.5) is 0 Å². The minimum Gasteiger partial charge on any atom is -0.379 e. The summed E-state index contributed by atoms with van der Waals surface area (Å²) in [4.78, 5) is 0. The number of methoxy groups -OCH3 is 1. The summed E-state index contributed by atoms with van der Waals surface area (Å²) >= 11 is 0. The van der Waals surface area contributed by atoms with Gasteiger partial charge in [-0.3, -0.25) is 0 Å². The maximum Gasteiger partial charge on any atom is 0.168 e. The first-order chi connectivity index (χ1) is 7.08. The van der Waals surface area contributed by atoms with Crippen LogP contribution in [-0.4, -0.2) is 31.7 Å². The smallest absolute Gasteiger partial charge is 0.168 e. The molecule has 0 aromatic rings. The predicted molar refractivity (Wildman–Crippen MR) is 57.7 cm³/mol. The molecule has 2 fully saturated rings. The van der Waals surface area contributed by atoms with E-state index in [0.29, 0.717) is 5.92 Å². The van der Waals surface area contributed by atoms with E-state index in [1.165, 1.54) is 0 Å². The lowest BCUT2D eigenvalue weighted by molar-refractivity contribution is -0.193. The molecule has 0 radical (unpaired) electrons. The van der Waals surface area contributed by atoms with Gasteiger partial charge in [0.2, 0.25) is 0 Å². The van der Waals surface area contributed by atoms with Gasteiger partial charge in [0.15, 0.2) is 5.79 Å². The first-order valence-electron chi connectivity index (χ1n) is 5.91. The van der Waals surface area contributed by atoms with Crippen LogP contribution in [0.15, 0.2) is 0 Å². The van der Waals surface area contributed by atoms with Gasteiger partial charge in [0, 0.05) is 20.0 Å². The fraction of sp³-hybridized carbons (Fsp3) is 1.00. The van der Waals surface area contributed by atoms with Gasteiger partial charge in [-0.05, 0) is 32.6 Å². The Morgan fingerprint density at radius 1 is 1.13 bits per heavy atom. The van der Waals surface area contributed by atoms with Crippen molar-refractivity contribution in [3.8, 4) is 0 Å². The van der Waals surface area contributed by atoms with Crippen LogP contribution in [0.3, 0.4) is 0 Å². The maximum atomic E-state index is 5.71. The molecule has 3 heteroatoms. The van der Waals surface area contributed by atoms with Gasteiger partial charge in [-0.15, -0.1) is 0 Å². The molecule has 0 atom stereocenters. The summed E-state index contributed by atoms with van der Waals surface area (Å²) in [6.45, 7) is 5.87. The van der Waals surface area contributed by atoms with Gasteiger partial charge in [0.05, 0.1) is 18.8 Å². The Labute approximate surface area is 92.1 Å². The number of hydrogen-bond acceptors (Lipinski definition) is 3. The average molecular weight is 214 g/mol. The van der Waals surface area contributed by atoms with E-state index in [2.05, 4.69) is 13.8 Å². The largest absolute Gasteiger partial charge is 0.379 e. The van der Waals surface area contributed by atoms with Gasteiger partial charge in [-0.2, -0.15) is 0 Å². The molecule has 0 N–H and O–H groups in total. The second kappa shape index (κ2) is 4.04. The van der Waals surface area contributed by atoms with Crippen LogP contribution >= 0.6 is 0 Å². The summed E-state index contributed by atoms with van der Waals surface area (Å²) < 4.78 is 17.0. The second-order valence-electron chi connectivity index (χ2n) is 5.19. The standard InChI is InChI=1S/C12H22O3/c1-11(2,13-3)10-4-6-12(7-5-10)14-8-9-15-12/h10H,4-9H2,1-3H3. The maximum absolute atomic E-state index is 5.71. The van der Waals surface area contributed by atoms with Crippen molar-refractivity contribution in [3.63, 3.8) is 0 Å². The fourth-order valence-electron chi connectivity index (χ4n) is 2.71. The molecule has 2 rings (SSSR count). The van der Waals surface area contributed by atoms with Gasteiger partial charge >= 0.3 is 0 Å². The molecular formula is C12H22O3. The molecule has 0 bridgehead atoms. The molecule has 0 aromatic carbocycles. The van der Waals surface area contributed by atoms with Crippen molar-refractivity contribution >= 4 is 0 Å². The first kappa shape index (κ1) is 11.4. The summed E-state index contributed by atoms with van der Waals surface area (Å²) in [6, 6.07) is 0. The third-order valence-corrected chi connectivity index (χ3v) is 4.07. The summed E-state index contributed by atoms with van der Waals surface area (Å²) in [5.41, 5.74) is -0.0137. The van der Waals surface area contributed by atoms with Crippen molar-refractivity contribution in [3.05, 3.63) is 0 Å².